The molecule has 0 radical (unpaired) electrons. The number of anilines is 1. The summed E-state index contributed by atoms with van der Waals surface area (Å²) in [7, 11) is 1.31. The lowest BCUT2D eigenvalue weighted by Gasteiger charge is -2.23. The van der Waals surface area contributed by atoms with Crippen LogP contribution >= 0.6 is 0 Å². The molecule has 0 spiro atoms. The number of methoxy groups -OCH3 is 1. The van der Waals surface area contributed by atoms with Crippen LogP contribution < -0.4 is 5.32 Å². The van der Waals surface area contributed by atoms with Crippen LogP contribution in [0.25, 0.3) is 0 Å². The summed E-state index contributed by atoms with van der Waals surface area (Å²) in [5.74, 6) is -0.753. The molecule has 110 valence electrons. The number of hydrogen-bond donors (Lipinski definition) is 2. The molecule has 0 bridgehead atoms. The highest BCUT2D eigenvalue weighted by Crippen LogP contribution is 2.22. The van der Waals surface area contributed by atoms with E-state index in [4.69, 9.17) is 0 Å². The number of aromatic nitrogens is 1. The van der Waals surface area contributed by atoms with Gasteiger partial charge in [0.2, 0.25) is 0 Å². The van der Waals surface area contributed by atoms with Crippen LogP contribution in [0.15, 0.2) is 12.1 Å². The minimum atomic E-state index is -0.851. The van der Waals surface area contributed by atoms with Crippen LogP contribution in [0.4, 0.5) is 5.82 Å². The number of aryl methyl sites for hydroxylation is 1. The smallest absolute Gasteiger partial charge is 0.339 e. The van der Waals surface area contributed by atoms with Gasteiger partial charge in [0.25, 0.3) is 0 Å². The van der Waals surface area contributed by atoms with Crippen LogP contribution in [0.2, 0.25) is 0 Å². The number of aliphatic carboxylic acids is 1. The Morgan fingerprint density at radius 3 is 2.55 bits per heavy atom. The quantitative estimate of drug-likeness (QED) is 0.776. The van der Waals surface area contributed by atoms with E-state index in [0.717, 1.165) is 0 Å². The molecule has 0 aliphatic heterocycles. The number of carboxylic acid groups (broad SMARTS) is 1. The predicted octanol–water partition coefficient (Wildman–Crippen LogP) is 2.09. The van der Waals surface area contributed by atoms with Gasteiger partial charge in [-0.3, -0.25) is 4.79 Å². The summed E-state index contributed by atoms with van der Waals surface area (Å²) in [6.45, 7) is 5.48. The number of nitrogens with zero attached hydrogens (tertiary/aromatic N) is 1. The Bertz CT molecular complexity index is 516. The van der Waals surface area contributed by atoms with Crippen LogP contribution in [0.5, 0.6) is 0 Å². The van der Waals surface area contributed by atoms with Crippen molar-refractivity contribution >= 4 is 17.8 Å². The molecule has 0 aromatic carbocycles. The number of carbonyl (C=O) groups excluding carboxylic acids is 1. The molecule has 2 N–H and O–H groups in total. The molecule has 0 saturated heterocycles. The largest absolute Gasteiger partial charge is 0.481 e. The van der Waals surface area contributed by atoms with Crippen molar-refractivity contribution in [3.8, 4) is 0 Å². The number of carbonyl (C=O) groups is 2. The average molecular weight is 280 g/mol. The molecular weight excluding hydrogens is 260 g/mol. The minimum absolute atomic E-state index is 0.267. The molecule has 1 heterocycles. The molecule has 0 amide bonds. The van der Waals surface area contributed by atoms with Crippen molar-refractivity contribution in [3.05, 3.63) is 23.4 Å². The van der Waals surface area contributed by atoms with Crippen LogP contribution in [0.3, 0.4) is 0 Å². The Balaban J connectivity index is 2.83. The average Bonchev–Trinajstić information content (AvgIpc) is 2.43. The van der Waals surface area contributed by atoms with Gasteiger partial charge >= 0.3 is 11.9 Å². The molecule has 0 aliphatic carbocycles. The molecule has 6 nitrogen and oxygen atoms in total. The molecular formula is C14H20N2O4. The Morgan fingerprint density at radius 2 is 2.10 bits per heavy atom. The molecule has 1 aromatic heterocycles. The van der Waals surface area contributed by atoms with Gasteiger partial charge in [0.05, 0.1) is 23.8 Å². The van der Waals surface area contributed by atoms with Gasteiger partial charge in [0.15, 0.2) is 0 Å². The van der Waals surface area contributed by atoms with Crippen molar-refractivity contribution in [2.45, 2.75) is 27.2 Å². The highest BCUT2D eigenvalue weighted by atomic mass is 16.5. The molecule has 1 unspecified atom stereocenters. The van der Waals surface area contributed by atoms with Gasteiger partial charge in [-0.05, 0) is 32.4 Å². The first-order chi connectivity index (χ1) is 9.34. The number of carboxylic acids is 1. The summed E-state index contributed by atoms with van der Waals surface area (Å²) in [6.07, 6.45) is 0.508. The molecule has 6 heteroatoms. The van der Waals surface area contributed by atoms with E-state index in [0.29, 0.717) is 23.5 Å². The van der Waals surface area contributed by atoms with E-state index in [1.54, 1.807) is 26.0 Å². The van der Waals surface area contributed by atoms with Gasteiger partial charge in [-0.2, -0.15) is 0 Å². The highest BCUT2D eigenvalue weighted by Gasteiger charge is 2.30. The topological polar surface area (TPSA) is 88.5 Å². The highest BCUT2D eigenvalue weighted by molar-refractivity contribution is 5.90. The maximum Gasteiger partial charge on any atom is 0.339 e. The second kappa shape index (κ2) is 6.36. The summed E-state index contributed by atoms with van der Waals surface area (Å²) in [4.78, 5) is 26.9. The zero-order valence-electron chi connectivity index (χ0n) is 12.2. The van der Waals surface area contributed by atoms with E-state index in [1.165, 1.54) is 7.11 Å². The lowest BCUT2D eigenvalue weighted by Crippen LogP contribution is -2.34. The number of nitrogens with one attached hydrogen (secondary N) is 1. The Labute approximate surface area is 118 Å². The summed E-state index contributed by atoms with van der Waals surface area (Å²) >= 11 is 0. The van der Waals surface area contributed by atoms with Crippen LogP contribution in [0.1, 0.15) is 36.3 Å². The molecule has 1 rings (SSSR count). The van der Waals surface area contributed by atoms with Crippen molar-refractivity contribution in [1.29, 1.82) is 0 Å². The number of pyridine rings is 1. The van der Waals surface area contributed by atoms with Gasteiger partial charge in [0.1, 0.15) is 5.82 Å². The van der Waals surface area contributed by atoms with Crippen molar-refractivity contribution in [2.24, 2.45) is 5.41 Å². The van der Waals surface area contributed by atoms with E-state index < -0.39 is 17.4 Å². The first kappa shape index (κ1) is 15.9. The normalized spacial score (nSPS) is 13.4. The van der Waals surface area contributed by atoms with E-state index in [1.807, 2.05) is 6.92 Å². The summed E-state index contributed by atoms with van der Waals surface area (Å²) in [6, 6.07) is 3.25. The van der Waals surface area contributed by atoms with Gasteiger partial charge < -0.3 is 15.2 Å². The first-order valence-electron chi connectivity index (χ1n) is 6.37. The summed E-state index contributed by atoms with van der Waals surface area (Å²) < 4.78 is 4.64. The molecule has 0 aliphatic rings. The summed E-state index contributed by atoms with van der Waals surface area (Å²) in [5, 5.41) is 12.2. The zero-order valence-corrected chi connectivity index (χ0v) is 12.2. The third kappa shape index (κ3) is 3.46. The molecule has 0 saturated carbocycles. The fourth-order valence-corrected chi connectivity index (χ4v) is 1.62. The maximum atomic E-state index is 11.4. The van der Waals surface area contributed by atoms with Gasteiger partial charge in [-0.25, -0.2) is 9.78 Å². The van der Waals surface area contributed by atoms with Crippen LogP contribution in [-0.4, -0.2) is 35.7 Å². The number of ether oxygens (including phenoxy) is 1. The third-order valence-electron chi connectivity index (χ3n) is 3.45. The molecule has 1 atom stereocenters. The SMILES string of the molecule is CCC(C)(CNc1ccc(C(=O)OC)c(C)n1)C(=O)O. The Hall–Kier alpha value is -2.11. The molecule has 20 heavy (non-hydrogen) atoms. The van der Waals surface area contributed by atoms with Crippen molar-refractivity contribution in [2.75, 3.05) is 19.0 Å². The predicted molar refractivity (Wildman–Crippen MR) is 74.8 cm³/mol. The monoisotopic (exact) mass is 280 g/mol. The van der Waals surface area contributed by atoms with Crippen molar-refractivity contribution in [3.63, 3.8) is 0 Å². The number of rotatable bonds is 6. The van der Waals surface area contributed by atoms with Gasteiger partial charge in [-0.15, -0.1) is 0 Å². The number of esters is 1. The fourth-order valence-electron chi connectivity index (χ4n) is 1.62. The first-order valence-corrected chi connectivity index (χ1v) is 6.37. The van der Waals surface area contributed by atoms with Crippen molar-refractivity contribution in [1.82, 2.24) is 4.98 Å². The number of hydrogen-bond acceptors (Lipinski definition) is 5. The van der Waals surface area contributed by atoms with Gasteiger partial charge in [0, 0.05) is 6.54 Å². The minimum Gasteiger partial charge on any atom is -0.481 e. The second-order valence-corrected chi connectivity index (χ2v) is 4.89. The van der Waals surface area contributed by atoms with E-state index in [9.17, 15) is 14.7 Å². The molecule has 1 aromatic rings. The Kier molecular flexibility index (Phi) is 5.07. The third-order valence-corrected chi connectivity index (χ3v) is 3.45. The zero-order chi connectivity index (χ0) is 15.3. The maximum absolute atomic E-state index is 11.4. The van der Waals surface area contributed by atoms with E-state index in [-0.39, 0.29) is 6.54 Å². The van der Waals surface area contributed by atoms with Crippen molar-refractivity contribution < 1.29 is 19.4 Å². The lowest BCUT2D eigenvalue weighted by atomic mass is 9.88. The van der Waals surface area contributed by atoms with E-state index >= 15 is 0 Å². The van der Waals surface area contributed by atoms with E-state index in [2.05, 4.69) is 15.0 Å². The second-order valence-electron chi connectivity index (χ2n) is 4.89. The van der Waals surface area contributed by atoms with Crippen LogP contribution in [-0.2, 0) is 9.53 Å². The molecule has 0 fully saturated rings. The standard InChI is InChI=1S/C14H20N2O4/c1-5-14(3,13(18)19)8-15-11-7-6-10(9(2)16-11)12(17)20-4/h6-7H,5,8H2,1-4H3,(H,15,16)(H,18,19). The van der Waals surface area contributed by atoms with Crippen LogP contribution in [0, 0.1) is 12.3 Å². The Morgan fingerprint density at radius 1 is 1.45 bits per heavy atom. The fraction of sp³-hybridized carbons (Fsp3) is 0.500. The van der Waals surface area contributed by atoms with Gasteiger partial charge in [-0.1, -0.05) is 6.92 Å². The lowest BCUT2D eigenvalue weighted by molar-refractivity contribution is -0.147. The summed E-state index contributed by atoms with van der Waals surface area (Å²) in [5.41, 5.74) is 0.0845.